The van der Waals surface area contributed by atoms with Crippen LogP contribution >= 0.6 is 47.2 Å². The number of guanidine groups is 1. The lowest BCUT2D eigenvalue weighted by molar-refractivity contribution is 0.288. The van der Waals surface area contributed by atoms with Gasteiger partial charge in [-0.3, -0.25) is 4.99 Å². The second-order valence-corrected chi connectivity index (χ2v) is 6.64. The third-order valence-electron chi connectivity index (χ3n) is 4.15. The van der Waals surface area contributed by atoms with Gasteiger partial charge in [0.1, 0.15) is 5.15 Å². The lowest BCUT2D eigenvalue weighted by atomic mass is 10.2. The summed E-state index contributed by atoms with van der Waals surface area (Å²) in [6.07, 6.45) is 0. The maximum absolute atomic E-state index is 6.10. The van der Waals surface area contributed by atoms with Gasteiger partial charge < -0.3 is 29.4 Å². The molecular formula is C19H27Cl2IN4O3. The minimum atomic E-state index is 0. The molecule has 29 heavy (non-hydrogen) atoms. The molecule has 1 aromatic carbocycles. The number of halogens is 3. The molecule has 0 radical (unpaired) electrons. The molecule has 162 valence electrons. The number of aromatic nitrogens is 1. The molecule has 10 heteroatoms. The van der Waals surface area contributed by atoms with Crippen LogP contribution in [-0.2, 0) is 20.1 Å². The van der Waals surface area contributed by atoms with E-state index in [1.807, 2.05) is 36.7 Å². The van der Waals surface area contributed by atoms with Crippen molar-refractivity contribution in [2.24, 2.45) is 12.0 Å². The van der Waals surface area contributed by atoms with Crippen LogP contribution in [0.1, 0.15) is 18.2 Å². The summed E-state index contributed by atoms with van der Waals surface area (Å²) in [6.45, 7) is 3.48. The van der Waals surface area contributed by atoms with Crippen LogP contribution in [0.25, 0.3) is 0 Å². The molecule has 1 aromatic heterocycles. The SMILES string of the molecule is CCOc1c(OC)cc(CNC(=NC)NCc2cc(Cl)c(Cl)n2C)cc1OC.I. The van der Waals surface area contributed by atoms with E-state index in [0.717, 1.165) is 11.3 Å². The minimum Gasteiger partial charge on any atom is -0.493 e. The molecule has 0 spiro atoms. The largest absolute Gasteiger partial charge is 0.493 e. The van der Waals surface area contributed by atoms with E-state index in [0.29, 0.717) is 53.1 Å². The third-order valence-corrected chi connectivity index (χ3v) is 4.99. The van der Waals surface area contributed by atoms with Gasteiger partial charge in [0.05, 0.1) is 32.4 Å². The van der Waals surface area contributed by atoms with Gasteiger partial charge in [0, 0.05) is 26.3 Å². The molecule has 0 atom stereocenters. The standard InChI is InChI=1S/C19H26Cl2N4O3.HI/c1-6-28-17-15(26-4)7-12(8-16(17)27-5)10-23-19(22-2)24-11-13-9-14(20)18(21)25(13)3;/h7-9H,6,10-11H2,1-5H3,(H2,22,23,24);1H. The normalized spacial score (nSPS) is 10.9. The molecule has 0 aliphatic rings. The maximum Gasteiger partial charge on any atom is 0.203 e. The van der Waals surface area contributed by atoms with Crippen molar-refractivity contribution in [3.63, 3.8) is 0 Å². The van der Waals surface area contributed by atoms with Crippen molar-refractivity contribution in [1.82, 2.24) is 15.2 Å². The summed E-state index contributed by atoms with van der Waals surface area (Å²) in [5.74, 6) is 2.47. The molecule has 2 aromatic rings. The number of aliphatic imine (C=N–C) groups is 1. The Labute approximate surface area is 198 Å². The zero-order valence-electron chi connectivity index (χ0n) is 17.1. The average Bonchev–Trinajstić information content (AvgIpc) is 2.95. The molecule has 2 N–H and O–H groups in total. The lowest BCUT2D eigenvalue weighted by Crippen LogP contribution is -2.36. The second-order valence-electron chi connectivity index (χ2n) is 5.88. The van der Waals surface area contributed by atoms with Crippen LogP contribution < -0.4 is 24.8 Å². The molecule has 2 rings (SSSR count). The fourth-order valence-electron chi connectivity index (χ4n) is 2.66. The number of ether oxygens (including phenoxy) is 3. The Morgan fingerprint density at radius 1 is 1.07 bits per heavy atom. The third kappa shape index (κ3) is 6.48. The van der Waals surface area contributed by atoms with Gasteiger partial charge in [-0.25, -0.2) is 0 Å². The number of nitrogens with zero attached hydrogens (tertiary/aromatic N) is 2. The van der Waals surface area contributed by atoms with Gasteiger partial charge in [0.25, 0.3) is 0 Å². The summed E-state index contributed by atoms with van der Waals surface area (Å²) in [6, 6.07) is 5.64. The van der Waals surface area contributed by atoms with E-state index in [9.17, 15) is 0 Å². The van der Waals surface area contributed by atoms with Crippen LogP contribution in [0.4, 0.5) is 0 Å². The van der Waals surface area contributed by atoms with E-state index >= 15 is 0 Å². The molecule has 0 amide bonds. The molecule has 0 bridgehead atoms. The van der Waals surface area contributed by atoms with Gasteiger partial charge in [-0.05, 0) is 30.7 Å². The Morgan fingerprint density at radius 3 is 2.10 bits per heavy atom. The summed E-state index contributed by atoms with van der Waals surface area (Å²) in [5.41, 5.74) is 1.91. The molecule has 0 saturated carbocycles. The van der Waals surface area contributed by atoms with Gasteiger partial charge >= 0.3 is 0 Å². The van der Waals surface area contributed by atoms with E-state index < -0.39 is 0 Å². The summed E-state index contributed by atoms with van der Waals surface area (Å²) in [7, 11) is 6.77. The van der Waals surface area contributed by atoms with Crippen molar-refractivity contribution >= 4 is 53.1 Å². The van der Waals surface area contributed by atoms with Crippen molar-refractivity contribution < 1.29 is 14.2 Å². The van der Waals surface area contributed by atoms with E-state index in [4.69, 9.17) is 37.4 Å². The fraction of sp³-hybridized carbons (Fsp3) is 0.421. The van der Waals surface area contributed by atoms with E-state index in [2.05, 4.69) is 15.6 Å². The highest BCUT2D eigenvalue weighted by Gasteiger charge is 2.14. The molecule has 0 unspecified atom stereocenters. The summed E-state index contributed by atoms with van der Waals surface area (Å²) in [4.78, 5) is 4.24. The smallest absolute Gasteiger partial charge is 0.203 e. The second kappa shape index (κ2) is 12.2. The lowest BCUT2D eigenvalue weighted by Gasteiger charge is -2.17. The average molecular weight is 557 g/mol. The first-order valence-corrected chi connectivity index (χ1v) is 9.52. The zero-order valence-corrected chi connectivity index (χ0v) is 21.0. The van der Waals surface area contributed by atoms with E-state index in [-0.39, 0.29) is 24.0 Å². The van der Waals surface area contributed by atoms with Crippen LogP contribution in [0.2, 0.25) is 10.2 Å². The molecule has 0 aliphatic carbocycles. The van der Waals surface area contributed by atoms with Gasteiger partial charge in [-0.1, -0.05) is 23.2 Å². The highest BCUT2D eigenvalue weighted by atomic mass is 127. The van der Waals surface area contributed by atoms with Gasteiger partial charge in [0.2, 0.25) is 5.75 Å². The summed E-state index contributed by atoms with van der Waals surface area (Å²) in [5, 5.41) is 7.54. The maximum atomic E-state index is 6.10. The summed E-state index contributed by atoms with van der Waals surface area (Å²) < 4.78 is 18.3. The van der Waals surface area contributed by atoms with Crippen molar-refractivity contribution in [3.8, 4) is 17.2 Å². The van der Waals surface area contributed by atoms with Crippen LogP contribution in [-0.4, -0.2) is 38.4 Å². The predicted octanol–water partition coefficient (Wildman–Crippen LogP) is 4.23. The first-order valence-electron chi connectivity index (χ1n) is 8.76. The van der Waals surface area contributed by atoms with Crippen molar-refractivity contribution in [1.29, 1.82) is 0 Å². The Morgan fingerprint density at radius 2 is 1.66 bits per heavy atom. The quantitative estimate of drug-likeness (QED) is 0.289. The Kier molecular flexibility index (Phi) is 10.8. The molecule has 7 nitrogen and oxygen atoms in total. The number of hydrogen-bond donors (Lipinski definition) is 2. The first kappa shape index (κ1) is 25.5. The fourth-order valence-corrected chi connectivity index (χ4v) is 3.08. The molecule has 0 fully saturated rings. The van der Waals surface area contributed by atoms with E-state index in [1.54, 1.807) is 21.3 Å². The monoisotopic (exact) mass is 556 g/mol. The van der Waals surface area contributed by atoms with Crippen molar-refractivity contribution in [3.05, 3.63) is 39.6 Å². The number of hydrogen-bond acceptors (Lipinski definition) is 4. The van der Waals surface area contributed by atoms with Gasteiger partial charge in [0.15, 0.2) is 17.5 Å². The molecular weight excluding hydrogens is 530 g/mol. The first-order chi connectivity index (χ1) is 13.4. The number of rotatable bonds is 8. The Balaban J connectivity index is 0.00000420. The summed E-state index contributed by atoms with van der Waals surface area (Å²) >= 11 is 12.2. The van der Waals surface area contributed by atoms with Crippen LogP contribution in [0.15, 0.2) is 23.2 Å². The number of nitrogens with one attached hydrogen (secondary N) is 2. The van der Waals surface area contributed by atoms with Gasteiger partial charge in [-0.15, -0.1) is 24.0 Å². The Hall–Kier alpha value is -1.52. The molecule has 1 heterocycles. The van der Waals surface area contributed by atoms with Crippen LogP contribution in [0.3, 0.4) is 0 Å². The van der Waals surface area contributed by atoms with Crippen molar-refractivity contribution in [2.45, 2.75) is 20.0 Å². The van der Waals surface area contributed by atoms with Crippen LogP contribution in [0, 0.1) is 0 Å². The van der Waals surface area contributed by atoms with Crippen LogP contribution in [0.5, 0.6) is 17.2 Å². The van der Waals surface area contributed by atoms with E-state index in [1.165, 1.54) is 0 Å². The topological polar surface area (TPSA) is 69.0 Å². The molecule has 0 saturated heterocycles. The van der Waals surface area contributed by atoms with Gasteiger partial charge in [-0.2, -0.15) is 0 Å². The highest BCUT2D eigenvalue weighted by Crippen LogP contribution is 2.38. The number of benzene rings is 1. The predicted molar refractivity (Wildman–Crippen MR) is 129 cm³/mol. The minimum absolute atomic E-state index is 0. The zero-order chi connectivity index (χ0) is 20.7. The highest BCUT2D eigenvalue weighted by molar-refractivity contribution is 14.0. The number of methoxy groups -OCH3 is 2. The molecule has 0 aliphatic heterocycles. The Bertz CT molecular complexity index is 818. The van der Waals surface area contributed by atoms with Crippen molar-refractivity contribution in [2.75, 3.05) is 27.9 Å².